The van der Waals surface area contributed by atoms with Crippen LogP contribution in [0, 0.1) is 12.3 Å². The third-order valence-electron chi connectivity index (χ3n) is 3.96. The van der Waals surface area contributed by atoms with E-state index in [1.165, 1.54) is 0 Å². The van der Waals surface area contributed by atoms with E-state index in [2.05, 4.69) is 10.6 Å². The topological polar surface area (TPSA) is 67.4 Å². The number of carbonyl (C=O) groups is 2. The van der Waals surface area contributed by atoms with Gasteiger partial charge in [-0.2, -0.15) is 0 Å². The number of rotatable bonds is 5. The molecule has 22 heavy (non-hydrogen) atoms. The smallest absolute Gasteiger partial charge is 0.239 e. The molecule has 1 atom stereocenters. The van der Waals surface area contributed by atoms with E-state index in [-0.39, 0.29) is 17.9 Å². The lowest BCUT2D eigenvalue weighted by molar-refractivity contribution is -0.138. The number of hydrogen-bond donors (Lipinski definition) is 2. The van der Waals surface area contributed by atoms with Crippen molar-refractivity contribution in [1.29, 1.82) is 0 Å². The number of hydrogen-bond acceptors (Lipinski definition) is 3. The molecule has 0 spiro atoms. The van der Waals surface area contributed by atoms with Gasteiger partial charge in [0.2, 0.25) is 11.8 Å². The van der Waals surface area contributed by atoms with Crippen molar-refractivity contribution < 1.29 is 14.3 Å². The molecule has 2 amide bonds. The molecule has 1 aliphatic rings. The first kappa shape index (κ1) is 16.5. The fourth-order valence-corrected chi connectivity index (χ4v) is 2.26. The first-order valence-corrected chi connectivity index (χ1v) is 7.67. The fourth-order valence-electron chi connectivity index (χ4n) is 2.26. The highest BCUT2D eigenvalue weighted by Gasteiger charge is 2.36. The summed E-state index contributed by atoms with van der Waals surface area (Å²) in [5.74, 6) is -0.603. The lowest BCUT2D eigenvalue weighted by atomic mass is 9.90. The molecule has 0 radical (unpaired) electrons. The van der Waals surface area contributed by atoms with Crippen LogP contribution in [0.25, 0.3) is 0 Å². The normalized spacial score (nSPS) is 18.0. The zero-order valence-corrected chi connectivity index (χ0v) is 13.4. The Morgan fingerprint density at radius 2 is 1.91 bits per heavy atom. The van der Waals surface area contributed by atoms with Crippen LogP contribution < -0.4 is 10.6 Å². The molecule has 0 aliphatic carbocycles. The Hall–Kier alpha value is -1.88. The minimum absolute atomic E-state index is 0.0694. The van der Waals surface area contributed by atoms with E-state index in [0.29, 0.717) is 12.2 Å². The van der Waals surface area contributed by atoms with Crippen LogP contribution in [0.5, 0.6) is 0 Å². The second kappa shape index (κ2) is 6.92. The summed E-state index contributed by atoms with van der Waals surface area (Å²) in [5.41, 5.74) is 0.672. The second-order valence-electron chi connectivity index (χ2n) is 6.29. The predicted molar refractivity (Wildman–Crippen MR) is 85.6 cm³/mol. The molecule has 1 aromatic rings. The summed E-state index contributed by atoms with van der Waals surface area (Å²) in [7, 11) is 0. The second-order valence-corrected chi connectivity index (χ2v) is 6.29. The molecule has 5 nitrogen and oxygen atoms in total. The van der Waals surface area contributed by atoms with E-state index in [1.807, 2.05) is 31.2 Å². The van der Waals surface area contributed by atoms with Crippen molar-refractivity contribution in [2.75, 3.05) is 18.5 Å². The van der Waals surface area contributed by atoms with Crippen molar-refractivity contribution in [3.05, 3.63) is 29.8 Å². The highest BCUT2D eigenvalue weighted by molar-refractivity contribution is 6.09. The van der Waals surface area contributed by atoms with Crippen molar-refractivity contribution in [3.8, 4) is 0 Å². The van der Waals surface area contributed by atoms with Crippen molar-refractivity contribution in [3.63, 3.8) is 0 Å². The number of nitrogens with one attached hydrogen (secondary N) is 2. The number of anilines is 1. The molecular formula is C17H24N2O3. The van der Waals surface area contributed by atoms with Gasteiger partial charge in [-0.1, -0.05) is 17.7 Å². The van der Waals surface area contributed by atoms with Crippen LogP contribution in [0.4, 0.5) is 5.69 Å². The molecule has 1 saturated heterocycles. The standard InChI is InChI=1S/C17H24N2O3/c1-12-6-8-13(9-7-12)19-16(21)17(2,3)15(20)18-11-14-5-4-10-22-14/h6-9,14H,4-5,10-11H2,1-3H3,(H,18,20)(H,19,21). The molecule has 1 aromatic carbocycles. The van der Waals surface area contributed by atoms with Crippen LogP contribution in [0.2, 0.25) is 0 Å². The third kappa shape index (κ3) is 4.07. The van der Waals surface area contributed by atoms with E-state index < -0.39 is 5.41 Å². The van der Waals surface area contributed by atoms with Crippen molar-refractivity contribution in [2.24, 2.45) is 5.41 Å². The molecule has 2 N–H and O–H groups in total. The zero-order chi connectivity index (χ0) is 16.2. The molecule has 120 valence electrons. The molecule has 0 aromatic heterocycles. The van der Waals surface area contributed by atoms with Crippen LogP contribution in [0.3, 0.4) is 0 Å². The van der Waals surface area contributed by atoms with Gasteiger partial charge in [-0.3, -0.25) is 9.59 Å². The molecule has 1 fully saturated rings. The van der Waals surface area contributed by atoms with E-state index in [9.17, 15) is 9.59 Å². The highest BCUT2D eigenvalue weighted by Crippen LogP contribution is 2.20. The van der Waals surface area contributed by atoms with Crippen LogP contribution in [-0.4, -0.2) is 31.1 Å². The summed E-state index contributed by atoms with van der Waals surface area (Å²) in [6.45, 7) is 6.44. The van der Waals surface area contributed by atoms with Crippen LogP contribution >= 0.6 is 0 Å². The maximum absolute atomic E-state index is 12.4. The summed E-state index contributed by atoms with van der Waals surface area (Å²) in [6, 6.07) is 7.49. The lowest BCUT2D eigenvalue weighted by Gasteiger charge is -2.23. The Morgan fingerprint density at radius 1 is 1.23 bits per heavy atom. The Morgan fingerprint density at radius 3 is 2.50 bits per heavy atom. The lowest BCUT2D eigenvalue weighted by Crippen LogP contribution is -2.47. The third-order valence-corrected chi connectivity index (χ3v) is 3.96. The maximum Gasteiger partial charge on any atom is 0.239 e. The monoisotopic (exact) mass is 304 g/mol. The SMILES string of the molecule is Cc1ccc(NC(=O)C(C)(C)C(=O)NCC2CCCO2)cc1. The van der Waals surface area contributed by atoms with Gasteiger partial charge >= 0.3 is 0 Å². The van der Waals surface area contributed by atoms with Gasteiger partial charge in [0.1, 0.15) is 5.41 Å². The van der Waals surface area contributed by atoms with Gasteiger partial charge in [-0.15, -0.1) is 0 Å². The van der Waals surface area contributed by atoms with E-state index in [0.717, 1.165) is 25.0 Å². The molecule has 1 unspecified atom stereocenters. The first-order valence-electron chi connectivity index (χ1n) is 7.67. The Kier molecular flexibility index (Phi) is 5.19. The van der Waals surface area contributed by atoms with E-state index in [1.54, 1.807) is 13.8 Å². The van der Waals surface area contributed by atoms with Gasteiger partial charge in [-0.05, 0) is 45.7 Å². The van der Waals surface area contributed by atoms with Gasteiger partial charge in [-0.25, -0.2) is 0 Å². The Bertz CT molecular complexity index is 531. The van der Waals surface area contributed by atoms with Gasteiger partial charge < -0.3 is 15.4 Å². The quantitative estimate of drug-likeness (QED) is 0.820. The predicted octanol–water partition coefficient (Wildman–Crippen LogP) is 2.25. The molecule has 1 aliphatic heterocycles. The molecule has 0 bridgehead atoms. The van der Waals surface area contributed by atoms with Gasteiger partial charge in [0.05, 0.1) is 6.10 Å². The van der Waals surface area contributed by atoms with Gasteiger partial charge in [0, 0.05) is 18.8 Å². The molecule has 5 heteroatoms. The zero-order valence-electron chi connectivity index (χ0n) is 13.4. The Balaban J connectivity index is 1.90. The molecule has 0 saturated carbocycles. The minimum atomic E-state index is -1.14. The summed E-state index contributed by atoms with van der Waals surface area (Å²) in [6.07, 6.45) is 2.05. The summed E-state index contributed by atoms with van der Waals surface area (Å²) >= 11 is 0. The number of amides is 2. The molecular weight excluding hydrogens is 280 g/mol. The van der Waals surface area contributed by atoms with Gasteiger partial charge in [0.15, 0.2) is 0 Å². The van der Waals surface area contributed by atoms with Crippen LogP contribution in [0.1, 0.15) is 32.3 Å². The average Bonchev–Trinajstić information content (AvgIpc) is 3.00. The summed E-state index contributed by atoms with van der Waals surface area (Å²) in [5, 5.41) is 5.60. The largest absolute Gasteiger partial charge is 0.376 e. The van der Waals surface area contributed by atoms with E-state index >= 15 is 0 Å². The fraction of sp³-hybridized carbons (Fsp3) is 0.529. The maximum atomic E-state index is 12.4. The van der Waals surface area contributed by atoms with Crippen molar-refractivity contribution >= 4 is 17.5 Å². The Labute approximate surface area is 131 Å². The summed E-state index contributed by atoms with van der Waals surface area (Å²) < 4.78 is 5.47. The first-order chi connectivity index (χ1) is 10.4. The van der Waals surface area contributed by atoms with Crippen LogP contribution in [0.15, 0.2) is 24.3 Å². The average molecular weight is 304 g/mol. The van der Waals surface area contributed by atoms with Crippen LogP contribution in [-0.2, 0) is 14.3 Å². The number of benzene rings is 1. The number of aryl methyl sites for hydroxylation is 1. The van der Waals surface area contributed by atoms with Gasteiger partial charge in [0.25, 0.3) is 0 Å². The molecule has 2 rings (SSSR count). The molecule has 1 heterocycles. The number of carbonyl (C=O) groups excluding carboxylic acids is 2. The van der Waals surface area contributed by atoms with Crippen molar-refractivity contribution in [1.82, 2.24) is 5.32 Å². The highest BCUT2D eigenvalue weighted by atomic mass is 16.5. The summed E-state index contributed by atoms with van der Waals surface area (Å²) in [4.78, 5) is 24.6. The number of ether oxygens (including phenoxy) is 1. The minimum Gasteiger partial charge on any atom is -0.376 e. The van der Waals surface area contributed by atoms with E-state index in [4.69, 9.17) is 4.74 Å². The van der Waals surface area contributed by atoms with Crippen molar-refractivity contribution in [2.45, 2.75) is 39.7 Å².